The van der Waals surface area contributed by atoms with E-state index in [1.807, 2.05) is 11.4 Å². The van der Waals surface area contributed by atoms with Crippen LogP contribution < -0.4 is 4.80 Å². The first-order valence-corrected chi connectivity index (χ1v) is 11.7. The molecule has 6 nitrogen and oxygen atoms in total. The lowest BCUT2D eigenvalue weighted by molar-refractivity contribution is 0.0600. The molecule has 0 saturated carbocycles. The van der Waals surface area contributed by atoms with Crippen molar-refractivity contribution >= 4 is 46.7 Å². The molecule has 0 N–H and O–H groups in total. The second-order valence-electron chi connectivity index (χ2n) is 7.17. The molecule has 0 spiro atoms. The van der Waals surface area contributed by atoms with Crippen molar-refractivity contribution in [1.82, 2.24) is 4.68 Å². The maximum Gasteiger partial charge on any atom is 0.337 e. The van der Waals surface area contributed by atoms with Gasteiger partial charge in [-0.25, -0.2) is 9.47 Å². The first kappa shape index (κ1) is 22.7. The molecular weight excluding hydrogens is 469 g/mol. The maximum atomic E-state index is 11.6. The van der Waals surface area contributed by atoms with Crippen LogP contribution in [0.15, 0.2) is 57.9 Å². The summed E-state index contributed by atoms with van der Waals surface area (Å²) in [5, 5.41) is 7.75. The number of hydrogen-bond acceptors (Lipinski definition) is 6. The summed E-state index contributed by atoms with van der Waals surface area (Å²) < 4.78 is 12.2. The highest BCUT2D eigenvalue weighted by Gasteiger charge is 2.16. The van der Waals surface area contributed by atoms with Crippen LogP contribution in [0.4, 0.5) is 0 Å². The van der Waals surface area contributed by atoms with Gasteiger partial charge in [0.25, 0.3) is 0 Å². The number of rotatable bonds is 6. The molecule has 1 aliphatic heterocycles. The molecule has 166 valence electrons. The van der Waals surface area contributed by atoms with Crippen LogP contribution in [0.25, 0.3) is 11.3 Å². The highest BCUT2D eigenvalue weighted by atomic mass is 35.5. The Kier molecular flexibility index (Phi) is 7.42. The molecule has 1 aromatic heterocycles. The minimum atomic E-state index is -0.379. The quantitative estimate of drug-likeness (QED) is 0.349. The molecule has 1 aliphatic rings. The van der Waals surface area contributed by atoms with Crippen LogP contribution in [0, 0.1) is 0 Å². The first-order chi connectivity index (χ1) is 15.5. The van der Waals surface area contributed by atoms with Gasteiger partial charge >= 0.3 is 5.97 Å². The second kappa shape index (κ2) is 10.4. The van der Waals surface area contributed by atoms with Crippen molar-refractivity contribution in [2.45, 2.75) is 18.9 Å². The molecule has 0 bridgehead atoms. The van der Waals surface area contributed by atoms with E-state index in [1.165, 1.54) is 18.4 Å². The van der Waals surface area contributed by atoms with Crippen LogP contribution in [0.5, 0.6) is 0 Å². The Hall–Kier alpha value is -2.45. The zero-order chi connectivity index (χ0) is 22.5. The topological polar surface area (TPSA) is 65.2 Å². The highest BCUT2D eigenvalue weighted by molar-refractivity contribution is 7.07. The van der Waals surface area contributed by atoms with Crippen LogP contribution >= 0.6 is 34.5 Å². The van der Waals surface area contributed by atoms with Crippen LogP contribution in [-0.2, 0) is 9.47 Å². The zero-order valence-electron chi connectivity index (χ0n) is 17.3. The fourth-order valence-corrected chi connectivity index (χ4v) is 4.66. The second-order valence-corrected chi connectivity index (χ2v) is 8.85. The smallest absolute Gasteiger partial charge is 0.337 e. The Morgan fingerprint density at radius 1 is 1.28 bits per heavy atom. The van der Waals surface area contributed by atoms with E-state index in [4.69, 9.17) is 37.7 Å². The van der Waals surface area contributed by atoms with E-state index < -0.39 is 0 Å². The number of methoxy groups -OCH3 is 1. The Labute approximate surface area is 199 Å². The molecule has 3 aromatic rings. The van der Waals surface area contributed by atoms with E-state index in [0.717, 1.165) is 41.1 Å². The van der Waals surface area contributed by atoms with Gasteiger partial charge in [-0.2, -0.15) is 5.10 Å². The maximum absolute atomic E-state index is 11.6. The molecular formula is C23H21Cl2N3O3S. The number of aromatic nitrogens is 1. The molecule has 32 heavy (non-hydrogen) atoms. The van der Waals surface area contributed by atoms with Gasteiger partial charge in [-0.3, -0.25) is 4.99 Å². The Bertz CT molecular complexity index is 1200. The highest BCUT2D eigenvalue weighted by Crippen LogP contribution is 2.30. The molecule has 2 heterocycles. The zero-order valence-corrected chi connectivity index (χ0v) is 19.7. The summed E-state index contributed by atoms with van der Waals surface area (Å²) in [4.78, 5) is 17.1. The molecule has 0 aliphatic carbocycles. The van der Waals surface area contributed by atoms with Gasteiger partial charge in [-0.05, 0) is 48.7 Å². The Morgan fingerprint density at radius 3 is 2.78 bits per heavy atom. The number of carbonyl (C=O) groups is 1. The predicted molar refractivity (Wildman–Crippen MR) is 128 cm³/mol. The van der Waals surface area contributed by atoms with Crippen LogP contribution in [0.1, 0.15) is 28.8 Å². The van der Waals surface area contributed by atoms with E-state index >= 15 is 0 Å². The number of carbonyl (C=O) groups excluding carboxylic acids is 1. The number of ether oxygens (including phenoxy) is 2. The average molecular weight is 490 g/mol. The Balaban J connectivity index is 1.70. The summed E-state index contributed by atoms with van der Waals surface area (Å²) in [7, 11) is 1.36. The van der Waals surface area contributed by atoms with E-state index in [1.54, 1.807) is 47.3 Å². The largest absolute Gasteiger partial charge is 0.465 e. The van der Waals surface area contributed by atoms with Crippen molar-refractivity contribution in [3.05, 3.63) is 73.8 Å². The van der Waals surface area contributed by atoms with Gasteiger partial charge in [-0.15, -0.1) is 11.3 Å². The summed E-state index contributed by atoms with van der Waals surface area (Å²) in [5.41, 5.74) is 2.93. The molecule has 2 aromatic carbocycles. The van der Waals surface area contributed by atoms with Crippen LogP contribution in [0.3, 0.4) is 0 Å². The number of hydrogen-bond donors (Lipinski definition) is 0. The van der Waals surface area contributed by atoms with Gasteiger partial charge in [0.1, 0.15) is 0 Å². The van der Waals surface area contributed by atoms with Crippen molar-refractivity contribution in [2.24, 2.45) is 10.1 Å². The number of benzene rings is 2. The van der Waals surface area contributed by atoms with Crippen molar-refractivity contribution in [2.75, 3.05) is 20.3 Å². The fraction of sp³-hybridized carbons (Fsp3) is 0.261. The third kappa shape index (κ3) is 5.30. The van der Waals surface area contributed by atoms with Gasteiger partial charge in [0.2, 0.25) is 4.80 Å². The number of halogens is 2. The fourth-order valence-electron chi connectivity index (χ4n) is 3.32. The molecule has 1 saturated heterocycles. The molecule has 0 amide bonds. The summed E-state index contributed by atoms with van der Waals surface area (Å²) in [5.74, 6) is -0.379. The minimum absolute atomic E-state index is 0.142. The molecule has 4 rings (SSSR count). The Morgan fingerprint density at radius 2 is 2.09 bits per heavy atom. The van der Waals surface area contributed by atoms with Gasteiger partial charge in [0.15, 0.2) is 0 Å². The van der Waals surface area contributed by atoms with E-state index in [2.05, 4.69) is 5.10 Å². The number of esters is 1. The lowest BCUT2D eigenvalue weighted by atomic mass is 10.1. The minimum Gasteiger partial charge on any atom is -0.465 e. The third-order valence-electron chi connectivity index (χ3n) is 5.00. The molecule has 9 heteroatoms. The summed E-state index contributed by atoms with van der Waals surface area (Å²) >= 11 is 14.0. The molecule has 1 unspecified atom stereocenters. The van der Waals surface area contributed by atoms with E-state index in [-0.39, 0.29) is 12.1 Å². The van der Waals surface area contributed by atoms with Crippen LogP contribution in [-0.4, -0.2) is 43.2 Å². The molecule has 0 radical (unpaired) electrons. The number of nitrogens with zero attached hydrogens (tertiary/aromatic N) is 3. The van der Waals surface area contributed by atoms with Crippen molar-refractivity contribution in [1.29, 1.82) is 0 Å². The SMILES string of the molecule is COC(=O)c1ccc(C=Nn2c(-c3ccc(Cl)cc3Cl)csc2=NCC2CCCO2)cc1. The van der Waals surface area contributed by atoms with Gasteiger partial charge in [-0.1, -0.05) is 35.3 Å². The van der Waals surface area contributed by atoms with E-state index in [9.17, 15) is 4.79 Å². The van der Waals surface area contributed by atoms with Gasteiger partial charge in [0, 0.05) is 22.6 Å². The summed E-state index contributed by atoms with van der Waals surface area (Å²) in [6.07, 6.45) is 3.94. The monoisotopic (exact) mass is 489 g/mol. The van der Waals surface area contributed by atoms with Gasteiger partial charge in [0.05, 0.1) is 42.3 Å². The van der Waals surface area contributed by atoms with Gasteiger partial charge < -0.3 is 9.47 Å². The lowest BCUT2D eigenvalue weighted by Crippen LogP contribution is -2.17. The van der Waals surface area contributed by atoms with E-state index in [0.29, 0.717) is 22.2 Å². The summed E-state index contributed by atoms with van der Waals surface area (Å²) in [6.45, 7) is 1.37. The van der Waals surface area contributed by atoms with Crippen molar-refractivity contribution in [3.63, 3.8) is 0 Å². The third-order valence-corrected chi connectivity index (χ3v) is 6.40. The standard InChI is InChI=1S/C23H21Cl2N3O3S/c1-30-22(29)16-6-4-15(5-7-16)12-27-28-21(19-9-8-17(24)11-20(19)25)14-32-23(28)26-13-18-3-2-10-31-18/h4-9,11-12,14,18H,2-3,10,13H2,1H3. The average Bonchev–Trinajstić information content (AvgIpc) is 3.46. The van der Waals surface area contributed by atoms with Crippen molar-refractivity contribution < 1.29 is 14.3 Å². The van der Waals surface area contributed by atoms with Crippen LogP contribution in [0.2, 0.25) is 10.0 Å². The number of thiazole rings is 1. The molecule has 1 atom stereocenters. The first-order valence-electron chi connectivity index (χ1n) is 10.1. The predicted octanol–water partition coefficient (Wildman–Crippen LogP) is 5.27. The summed E-state index contributed by atoms with van der Waals surface area (Å²) in [6, 6.07) is 12.4. The normalized spacial score (nSPS) is 16.7. The van der Waals surface area contributed by atoms with Crippen molar-refractivity contribution in [3.8, 4) is 11.3 Å². The lowest BCUT2D eigenvalue weighted by Gasteiger charge is -2.07. The molecule has 1 fully saturated rings.